The van der Waals surface area contributed by atoms with Crippen LogP contribution in [0, 0.1) is 0 Å². The largest absolute Gasteiger partial charge is 0.339 e. The predicted octanol–water partition coefficient (Wildman–Crippen LogP) is 4.18. The minimum Gasteiger partial charge on any atom is -0.339 e. The second-order valence-electron chi connectivity index (χ2n) is 7.53. The lowest BCUT2D eigenvalue weighted by Gasteiger charge is -2.29. The predicted molar refractivity (Wildman–Crippen MR) is 112 cm³/mol. The standard InChI is InChI=1S/C23H21FN4O/c24-17-6-3-11-28(14-17)23(29)20-7-1-4-15-12-18(8-9-19(15)20)27-22-21-16(13-26-22)5-2-10-25-21/h1-2,4-5,7-10,12,17H,3,6,11,13-14H2,(H,26,27). The third kappa shape index (κ3) is 3.35. The Kier molecular flexibility index (Phi) is 4.46. The molecule has 0 bridgehead atoms. The van der Waals surface area contributed by atoms with E-state index in [9.17, 15) is 9.18 Å². The number of rotatable bonds is 2. The quantitative estimate of drug-likeness (QED) is 0.716. The van der Waals surface area contributed by atoms with Crippen LogP contribution < -0.4 is 5.32 Å². The topological polar surface area (TPSA) is 57.6 Å². The van der Waals surface area contributed by atoms with E-state index in [0.29, 0.717) is 31.5 Å². The Morgan fingerprint density at radius 3 is 3.00 bits per heavy atom. The zero-order chi connectivity index (χ0) is 19.8. The number of benzene rings is 2. The summed E-state index contributed by atoms with van der Waals surface area (Å²) >= 11 is 0. The zero-order valence-corrected chi connectivity index (χ0v) is 15.9. The van der Waals surface area contributed by atoms with Crippen molar-refractivity contribution in [2.45, 2.75) is 25.6 Å². The average molecular weight is 388 g/mol. The molecule has 0 spiro atoms. The monoisotopic (exact) mass is 388 g/mol. The van der Waals surface area contributed by atoms with E-state index in [1.807, 2.05) is 48.5 Å². The molecule has 29 heavy (non-hydrogen) atoms. The Bertz CT molecular complexity index is 1130. The van der Waals surface area contributed by atoms with Crippen molar-refractivity contribution >= 4 is 28.2 Å². The normalized spacial score (nSPS) is 18.4. The lowest BCUT2D eigenvalue weighted by molar-refractivity contribution is 0.0638. The zero-order valence-electron chi connectivity index (χ0n) is 15.9. The summed E-state index contributed by atoms with van der Waals surface area (Å²) < 4.78 is 13.8. The molecular formula is C23H21FN4O. The van der Waals surface area contributed by atoms with Crippen LogP contribution in [0.15, 0.2) is 59.7 Å². The summed E-state index contributed by atoms with van der Waals surface area (Å²) in [6, 6.07) is 15.5. The fraction of sp³-hybridized carbons (Fsp3) is 0.261. The number of carbonyl (C=O) groups excluding carboxylic acids is 1. The minimum absolute atomic E-state index is 0.100. The molecule has 0 aliphatic carbocycles. The van der Waals surface area contributed by atoms with Crippen molar-refractivity contribution in [3.8, 4) is 0 Å². The highest BCUT2D eigenvalue weighted by Crippen LogP contribution is 2.26. The van der Waals surface area contributed by atoms with Crippen molar-refractivity contribution in [1.82, 2.24) is 9.88 Å². The highest BCUT2D eigenvalue weighted by atomic mass is 19.1. The van der Waals surface area contributed by atoms with E-state index in [-0.39, 0.29) is 12.5 Å². The van der Waals surface area contributed by atoms with Gasteiger partial charge in [-0.05, 0) is 47.9 Å². The Hall–Kier alpha value is -3.28. The van der Waals surface area contributed by atoms with Crippen molar-refractivity contribution in [2.75, 3.05) is 18.4 Å². The summed E-state index contributed by atoms with van der Waals surface area (Å²) in [6.07, 6.45) is 2.09. The fourth-order valence-corrected chi connectivity index (χ4v) is 4.08. The highest BCUT2D eigenvalue weighted by Gasteiger charge is 2.25. The number of pyridine rings is 1. The molecule has 3 aromatic rings. The molecule has 5 nitrogen and oxygen atoms in total. The summed E-state index contributed by atoms with van der Waals surface area (Å²) in [4.78, 5) is 23.6. The van der Waals surface area contributed by atoms with Gasteiger partial charge in [0.05, 0.1) is 13.1 Å². The Morgan fingerprint density at radius 2 is 2.10 bits per heavy atom. The van der Waals surface area contributed by atoms with Gasteiger partial charge in [-0.15, -0.1) is 0 Å². The third-order valence-corrected chi connectivity index (χ3v) is 5.55. The van der Waals surface area contributed by atoms with Gasteiger partial charge in [0.1, 0.15) is 11.9 Å². The van der Waals surface area contributed by atoms with Crippen LogP contribution in [0.5, 0.6) is 0 Å². The number of piperidine rings is 1. The maximum atomic E-state index is 13.8. The molecule has 1 unspecified atom stereocenters. The van der Waals surface area contributed by atoms with Crippen molar-refractivity contribution < 1.29 is 9.18 Å². The number of amidine groups is 1. The number of hydrogen-bond acceptors (Lipinski definition) is 4. The smallest absolute Gasteiger partial charge is 0.254 e. The number of aliphatic imine (C=N–C) groups is 1. The van der Waals surface area contributed by atoms with Gasteiger partial charge in [0.2, 0.25) is 0 Å². The Labute approximate surface area is 168 Å². The maximum Gasteiger partial charge on any atom is 0.254 e. The van der Waals surface area contributed by atoms with Gasteiger partial charge in [0.25, 0.3) is 5.91 Å². The number of amides is 1. The first-order valence-corrected chi connectivity index (χ1v) is 9.91. The van der Waals surface area contributed by atoms with Gasteiger partial charge >= 0.3 is 0 Å². The summed E-state index contributed by atoms with van der Waals surface area (Å²) in [7, 11) is 0. The lowest BCUT2D eigenvalue weighted by Crippen LogP contribution is -2.40. The maximum absolute atomic E-state index is 13.8. The molecule has 2 aliphatic heterocycles. The SMILES string of the molecule is O=C(c1cccc2cc(NC3=NCc4cccnc43)ccc12)N1CCCC(F)C1. The van der Waals surface area contributed by atoms with Crippen LogP contribution in [0.2, 0.25) is 0 Å². The molecule has 2 aromatic carbocycles. The Morgan fingerprint density at radius 1 is 1.17 bits per heavy atom. The molecule has 2 aliphatic rings. The number of fused-ring (bicyclic) bond motifs is 2. The molecule has 3 heterocycles. The summed E-state index contributed by atoms with van der Waals surface area (Å²) in [6.45, 7) is 1.42. The molecule has 1 saturated heterocycles. The fourth-order valence-electron chi connectivity index (χ4n) is 4.08. The number of anilines is 1. The van der Waals surface area contributed by atoms with Crippen molar-refractivity contribution in [3.63, 3.8) is 0 Å². The van der Waals surface area contributed by atoms with Gasteiger partial charge in [-0.2, -0.15) is 0 Å². The first-order chi connectivity index (χ1) is 14.2. The Balaban J connectivity index is 1.43. The van der Waals surface area contributed by atoms with E-state index in [1.165, 1.54) is 0 Å². The molecule has 6 heteroatoms. The third-order valence-electron chi connectivity index (χ3n) is 5.55. The van der Waals surface area contributed by atoms with E-state index < -0.39 is 6.17 Å². The first kappa shape index (κ1) is 17.8. The van der Waals surface area contributed by atoms with Crippen molar-refractivity contribution in [3.05, 3.63) is 71.5 Å². The molecule has 1 atom stereocenters. The van der Waals surface area contributed by atoms with Gasteiger partial charge in [-0.3, -0.25) is 14.8 Å². The van der Waals surface area contributed by atoms with Gasteiger partial charge in [-0.1, -0.05) is 24.3 Å². The van der Waals surface area contributed by atoms with Crippen molar-refractivity contribution in [1.29, 1.82) is 0 Å². The lowest BCUT2D eigenvalue weighted by atomic mass is 10.0. The molecule has 5 rings (SSSR count). The molecule has 1 N–H and O–H groups in total. The molecule has 0 saturated carbocycles. The summed E-state index contributed by atoms with van der Waals surface area (Å²) in [5, 5.41) is 5.17. The number of alkyl halides is 1. The average Bonchev–Trinajstić information content (AvgIpc) is 3.15. The summed E-state index contributed by atoms with van der Waals surface area (Å²) in [5.41, 5.74) is 3.49. The minimum atomic E-state index is -0.929. The van der Waals surface area contributed by atoms with E-state index in [4.69, 9.17) is 0 Å². The molecule has 146 valence electrons. The van der Waals surface area contributed by atoms with Crippen LogP contribution >= 0.6 is 0 Å². The van der Waals surface area contributed by atoms with E-state index >= 15 is 0 Å². The number of halogens is 1. The molecule has 0 radical (unpaired) electrons. The van der Waals surface area contributed by atoms with E-state index in [0.717, 1.165) is 33.6 Å². The van der Waals surface area contributed by atoms with Crippen LogP contribution in [-0.4, -0.2) is 40.9 Å². The van der Waals surface area contributed by atoms with Crippen LogP contribution in [-0.2, 0) is 6.54 Å². The van der Waals surface area contributed by atoms with E-state index in [2.05, 4.69) is 15.3 Å². The summed E-state index contributed by atoms with van der Waals surface area (Å²) in [5.74, 6) is 0.659. The second-order valence-corrected chi connectivity index (χ2v) is 7.53. The highest BCUT2D eigenvalue weighted by molar-refractivity contribution is 6.11. The number of hydrogen-bond donors (Lipinski definition) is 1. The number of nitrogens with zero attached hydrogens (tertiary/aromatic N) is 3. The number of likely N-dealkylation sites (tertiary alicyclic amines) is 1. The van der Waals surface area contributed by atoms with Crippen LogP contribution in [0.1, 0.15) is 34.5 Å². The van der Waals surface area contributed by atoms with Gasteiger partial charge in [0.15, 0.2) is 5.84 Å². The van der Waals surface area contributed by atoms with Gasteiger partial charge in [0, 0.05) is 29.6 Å². The first-order valence-electron chi connectivity index (χ1n) is 9.91. The van der Waals surface area contributed by atoms with Crippen LogP contribution in [0.3, 0.4) is 0 Å². The van der Waals surface area contributed by atoms with E-state index in [1.54, 1.807) is 11.1 Å². The number of aromatic nitrogens is 1. The second kappa shape index (κ2) is 7.28. The molecule has 1 aromatic heterocycles. The molecule has 1 amide bonds. The van der Waals surface area contributed by atoms with Crippen LogP contribution in [0.25, 0.3) is 10.8 Å². The molecule has 1 fully saturated rings. The van der Waals surface area contributed by atoms with Gasteiger partial charge in [-0.25, -0.2) is 4.39 Å². The molecular weight excluding hydrogens is 367 g/mol. The van der Waals surface area contributed by atoms with Gasteiger partial charge < -0.3 is 10.2 Å². The van der Waals surface area contributed by atoms with Crippen LogP contribution in [0.4, 0.5) is 10.1 Å². The number of nitrogens with one attached hydrogen (secondary N) is 1. The van der Waals surface area contributed by atoms with Crippen molar-refractivity contribution in [2.24, 2.45) is 4.99 Å². The number of carbonyl (C=O) groups is 1.